The molecule has 1 amide bonds. The highest BCUT2D eigenvalue weighted by Gasteiger charge is 2.47. The third kappa shape index (κ3) is 2.83. The van der Waals surface area contributed by atoms with Gasteiger partial charge in [0, 0.05) is 38.7 Å². The van der Waals surface area contributed by atoms with Gasteiger partial charge < -0.3 is 9.64 Å². The van der Waals surface area contributed by atoms with Crippen molar-refractivity contribution in [2.45, 2.75) is 50.7 Å². The molecule has 0 aromatic heterocycles. The van der Waals surface area contributed by atoms with Gasteiger partial charge in [0.05, 0.1) is 11.4 Å². The van der Waals surface area contributed by atoms with E-state index in [1.54, 1.807) is 11.2 Å². The van der Waals surface area contributed by atoms with Gasteiger partial charge in [-0.25, -0.2) is 8.42 Å². The van der Waals surface area contributed by atoms with Crippen LogP contribution in [-0.2, 0) is 19.6 Å². The molecule has 3 rings (SSSR count). The average Bonchev–Trinajstić information content (AvgIpc) is 3.06. The largest absolute Gasteiger partial charge is 0.373 e. The summed E-state index contributed by atoms with van der Waals surface area (Å²) in [5, 5.41) is 0. The normalized spacial score (nSPS) is 35.0. The molecule has 0 N–H and O–H groups in total. The minimum atomic E-state index is -3.15. The Hall–Kier alpha value is -0.660. The molecule has 7 heteroatoms. The van der Waals surface area contributed by atoms with E-state index >= 15 is 0 Å². The molecule has 0 aromatic rings. The van der Waals surface area contributed by atoms with Crippen LogP contribution in [0.25, 0.3) is 0 Å². The maximum atomic E-state index is 12.0. The first kappa shape index (κ1) is 15.2. The van der Waals surface area contributed by atoms with Gasteiger partial charge in [0.2, 0.25) is 15.9 Å². The molecule has 3 heterocycles. The molecule has 0 aromatic carbocycles. The van der Waals surface area contributed by atoms with E-state index in [-0.39, 0.29) is 23.3 Å². The summed E-state index contributed by atoms with van der Waals surface area (Å²) in [6.07, 6.45) is 3.98. The lowest BCUT2D eigenvalue weighted by Crippen LogP contribution is -2.50. The molecule has 3 aliphatic rings. The molecule has 6 nitrogen and oxygen atoms in total. The molecule has 2 atom stereocenters. The van der Waals surface area contributed by atoms with Crippen molar-refractivity contribution in [3.63, 3.8) is 0 Å². The molecule has 3 aliphatic heterocycles. The Bertz CT molecular complexity index is 521. The Morgan fingerprint density at radius 1 is 1.38 bits per heavy atom. The van der Waals surface area contributed by atoms with Crippen LogP contribution >= 0.6 is 0 Å². The number of amides is 1. The summed E-state index contributed by atoms with van der Waals surface area (Å²) in [5.41, 5.74) is -0.381. The lowest BCUT2D eigenvalue weighted by Gasteiger charge is -2.41. The van der Waals surface area contributed by atoms with Crippen molar-refractivity contribution < 1.29 is 17.9 Å². The van der Waals surface area contributed by atoms with Gasteiger partial charge in [-0.05, 0) is 32.6 Å². The smallest absolute Gasteiger partial charge is 0.222 e. The summed E-state index contributed by atoms with van der Waals surface area (Å²) in [6.45, 7) is 4.12. The molecule has 120 valence electrons. The van der Waals surface area contributed by atoms with Gasteiger partial charge in [-0.15, -0.1) is 0 Å². The zero-order valence-corrected chi connectivity index (χ0v) is 13.4. The van der Waals surface area contributed by atoms with Crippen LogP contribution in [0.3, 0.4) is 0 Å². The summed E-state index contributed by atoms with van der Waals surface area (Å²) in [7, 11) is -3.15. The van der Waals surface area contributed by atoms with E-state index in [0.717, 1.165) is 32.2 Å². The summed E-state index contributed by atoms with van der Waals surface area (Å²) in [6, 6.07) is 0.220. The summed E-state index contributed by atoms with van der Waals surface area (Å²) in [5.74, 6) is 0.380. The molecule has 1 spiro atoms. The number of nitrogens with zero attached hydrogens (tertiary/aromatic N) is 2. The summed E-state index contributed by atoms with van der Waals surface area (Å²) in [4.78, 5) is 13.9. The highest BCUT2D eigenvalue weighted by Crippen LogP contribution is 2.37. The van der Waals surface area contributed by atoms with E-state index in [0.29, 0.717) is 26.1 Å². The van der Waals surface area contributed by atoms with Crippen molar-refractivity contribution in [1.29, 1.82) is 0 Å². The van der Waals surface area contributed by atoms with Gasteiger partial charge in [-0.2, -0.15) is 4.31 Å². The fourth-order valence-electron chi connectivity index (χ4n) is 3.84. The van der Waals surface area contributed by atoms with E-state index in [1.165, 1.54) is 0 Å². The Morgan fingerprint density at radius 2 is 2.19 bits per heavy atom. The average molecular weight is 316 g/mol. The van der Waals surface area contributed by atoms with Crippen molar-refractivity contribution in [3.05, 3.63) is 0 Å². The van der Waals surface area contributed by atoms with Crippen LogP contribution in [0.1, 0.15) is 39.0 Å². The number of hydrogen-bond donors (Lipinski definition) is 0. The van der Waals surface area contributed by atoms with Gasteiger partial charge in [0.25, 0.3) is 0 Å². The van der Waals surface area contributed by atoms with Crippen molar-refractivity contribution >= 4 is 15.9 Å². The standard InChI is InChI=1S/C14H24N2O4S/c1-2-21(18,19)15-8-6-14(11-15)10-12(5-9-20-14)16-7-3-4-13(16)17/h12H,2-11H2,1H3/t12-,14+/m1/s1. The Balaban J connectivity index is 1.70. The van der Waals surface area contributed by atoms with Gasteiger partial charge in [-0.3, -0.25) is 4.79 Å². The summed E-state index contributed by atoms with van der Waals surface area (Å²) >= 11 is 0. The van der Waals surface area contributed by atoms with Crippen molar-refractivity contribution in [2.75, 3.05) is 32.0 Å². The number of rotatable bonds is 3. The zero-order valence-electron chi connectivity index (χ0n) is 12.6. The van der Waals surface area contributed by atoms with E-state index in [9.17, 15) is 13.2 Å². The third-order valence-electron chi connectivity index (χ3n) is 5.06. The maximum absolute atomic E-state index is 12.0. The van der Waals surface area contributed by atoms with Gasteiger partial charge >= 0.3 is 0 Å². The van der Waals surface area contributed by atoms with Crippen LogP contribution in [0.2, 0.25) is 0 Å². The second kappa shape index (κ2) is 5.52. The first-order valence-electron chi connectivity index (χ1n) is 7.87. The minimum Gasteiger partial charge on any atom is -0.373 e. The lowest BCUT2D eigenvalue weighted by atomic mass is 9.89. The molecular formula is C14H24N2O4S. The molecular weight excluding hydrogens is 292 g/mol. The van der Waals surface area contributed by atoms with Gasteiger partial charge in [0.15, 0.2) is 0 Å². The highest BCUT2D eigenvalue weighted by molar-refractivity contribution is 7.89. The summed E-state index contributed by atoms with van der Waals surface area (Å²) < 4.78 is 31.6. The van der Waals surface area contributed by atoms with Crippen LogP contribution in [0.15, 0.2) is 0 Å². The molecule has 0 bridgehead atoms. The third-order valence-corrected chi connectivity index (χ3v) is 6.89. The molecule has 0 unspecified atom stereocenters. The SMILES string of the molecule is CCS(=O)(=O)N1CC[C@]2(C[C@H](N3CCCC3=O)CCO2)C1. The number of ether oxygens (including phenoxy) is 1. The first-order valence-corrected chi connectivity index (χ1v) is 9.48. The lowest BCUT2D eigenvalue weighted by molar-refractivity contribution is -0.137. The monoisotopic (exact) mass is 316 g/mol. The number of likely N-dealkylation sites (tertiary alicyclic amines) is 1. The number of carbonyl (C=O) groups is 1. The van der Waals surface area contributed by atoms with Crippen LogP contribution in [0.5, 0.6) is 0 Å². The number of carbonyl (C=O) groups excluding carboxylic acids is 1. The fraction of sp³-hybridized carbons (Fsp3) is 0.929. The predicted molar refractivity (Wildman–Crippen MR) is 78.3 cm³/mol. The number of sulfonamides is 1. The Labute approximate surface area is 126 Å². The first-order chi connectivity index (χ1) is 9.96. The van der Waals surface area contributed by atoms with Crippen LogP contribution < -0.4 is 0 Å². The van der Waals surface area contributed by atoms with Crippen LogP contribution in [0.4, 0.5) is 0 Å². The Kier molecular flexibility index (Phi) is 4.00. The van der Waals surface area contributed by atoms with E-state index < -0.39 is 10.0 Å². The molecule has 3 saturated heterocycles. The zero-order chi connectivity index (χ0) is 15.1. The van der Waals surface area contributed by atoms with Crippen LogP contribution in [-0.4, -0.2) is 67.2 Å². The van der Waals surface area contributed by atoms with Gasteiger partial charge in [0.1, 0.15) is 0 Å². The van der Waals surface area contributed by atoms with Crippen molar-refractivity contribution in [3.8, 4) is 0 Å². The van der Waals surface area contributed by atoms with Gasteiger partial charge in [-0.1, -0.05) is 0 Å². The van der Waals surface area contributed by atoms with Crippen molar-refractivity contribution in [1.82, 2.24) is 9.21 Å². The maximum Gasteiger partial charge on any atom is 0.222 e. The number of hydrogen-bond acceptors (Lipinski definition) is 4. The second-order valence-electron chi connectivity index (χ2n) is 6.35. The molecule has 0 radical (unpaired) electrons. The molecule has 0 aliphatic carbocycles. The van der Waals surface area contributed by atoms with E-state index in [2.05, 4.69) is 0 Å². The fourth-order valence-corrected chi connectivity index (χ4v) is 5.00. The van der Waals surface area contributed by atoms with E-state index in [1.807, 2.05) is 4.90 Å². The topological polar surface area (TPSA) is 66.9 Å². The molecule has 21 heavy (non-hydrogen) atoms. The highest BCUT2D eigenvalue weighted by atomic mass is 32.2. The molecule has 3 fully saturated rings. The molecule has 0 saturated carbocycles. The second-order valence-corrected chi connectivity index (χ2v) is 8.61. The minimum absolute atomic E-state index is 0.136. The predicted octanol–water partition coefficient (Wildman–Crippen LogP) is 0.582. The van der Waals surface area contributed by atoms with Crippen molar-refractivity contribution in [2.24, 2.45) is 0 Å². The quantitative estimate of drug-likeness (QED) is 0.764. The Morgan fingerprint density at radius 3 is 2.86 bits per heavy atom. The van der Waals surface area contributed by atoms with E-state index in [4.69, 9.17) is 4.74 Å². The van der Waals surface area contributed by atoms with Crippen LogP contribution in [0, 0.1) is 0 Å².